The molecule has 7 heteroatoms. The molecule has 1 aliphatic rings. The summed E-state index contributed by atoms with van der Waals surface area (Å²) in [5.74, 6) is 0. The summed E-state index contributed by atoms with van der Waals surface area (Å²) in [4.78, 5) is 2.19. The number of rotatable bonds is 4. The number of likely N-dealkylation sites (tertiary alicyclic amines) is 1. The predicted molar refractivity (Wildman–Crippen MR) is 56.5 cm³/mol. The van der Waals surface area contributed by atoms with Crippen LogP contribution in [-0.4, -0.2) is 69.1 Å². The van der Waals surface area contributed by atoms with Gasteiger partial charge in [-0.1, -0.05) is 6.42 Å². The Morgan fingerprint density at radius 3 is 2.29 bits per heavy atom. The van der Waals surface area contributed by atoms with Crippen LogP contribution in [0.5, 0.6) is 0 Å². The Balaban J connectivity index is 0.00000169. The van der Waals surface area contributed by atoms with Crippen molar-refractivity contribution in [3.63, 3.8) is 0 Å². The van der Waals surface area contributed by atoms with Gasteiger partial charge in [0.15, 0.2) is 0 Å². The van der Waals surface area contributed by atoms with E-state index in [1.165, 1.54) is 19.3 Å². The summed E-state index contributed by atoms with van der Waals surface area (Å²) in [6.45, 7) is 2.89. The van der Waals surface area contributed by atoms with Crippen LogP contribution in [0.1, 0.15) is 19.3 Å². The molecule has 0 saturated carbocycles. The SMILES string of the molecule is NS(=O)(=O)OCCN1CCCCC1.[NaH]. The quantitative estimate of drug-likeness (QED) is 0.634. The van der Waals surface area contributed by atoms with Gasteiger partial charge in [0.25, 0.3) is 0 Å². The van der Waals surface area contributed by atoms with Crippen LogP contribution >= 0.6 is 0 Å². The van der Waals surface area contributed by atoms with E-state index in [2.05, 4.69) is 14.2 Å². The Hall–Kier alpha value is 0.830. The van der Waals surface area contributed by atoms with Gasteiger partial charge in [-0.3, -0.25) is 4.18 Å². The monoisotopic (exact) mass is 232 g/mol. The third kappa shape index (κ3) is 7.17. The number of hydrogen-bond donors (Lipinski definition) is 1. The van der Waals surface area contributed by atoms with Crippen molar-refractivity contribution in [1.29, 1.82) is 0 Å². The predicted octanol–water partition coefficient (Wildman–Crippen LogP) is -0.956. The van der Waals surface area contributed by atoms with E-state index in [0.717, 1.165) is 13.1 Å². The van der Waals surface area contributed by atoms with E-state index in [1.54, 1.807) is 0 Å². The third-order valence-corrected chi connectivity index (χ3v) is 2.60. The molecule has 1 aliphatic heterocycles. The number of nitrogens with two attached hydrogens (primary N) is 1. The van der Waals surface area contributed by atoms with Gasteiger partial charge in [-0.05, 0) is 25.9 Å². The zero-order valence-electron chi connectivity index (χ0n) is 7.61. The van der Waals surface area contributed by atoms with Crippen molar-refractivity contribution in [2.45, 2.75) is 19.3 Å². The maximum absolute atomic E-state index is 10.4. The first kappa shape index (κ1) is 14.8. The molecule has 0 unspecified atom stereocenters. The standard InChI is InChI=1S/C7H16N2O3S.Na.H/c8-13(10,11)12-7-6-9-4-2-1-3-5-9;;/h1-7H2,(H2,8,10,11);;. The molecule has 0 aromatic carbocycles. The van der Waals surface area contributed by atoms with E-state index in [1.807, 2.05) is 0 Å². The van der Waals surface area contributed by atoms with Gasteiger partial charge in [0.05, 0.1) is 6.61 Å². The fourth-order valence-corrected chi connectivity index (χ4v) is 1.77. The molecule has 0 bridgehead atoms. The Morgan fingerprint density at radius 1 is 1.21 bits per heavy atom. The molecular formula is C7H17N2NaO3S. The summed E-state index contributed by atoms with van der Waals surface area (Å²) in [6.07, 6.45) is 3.65. The van der Waals surface area contributed by atoms with Crippen LogP contribution < -0.4 is 5.14 Å². The summed E-state index contributed by atoms with van der Waals surface area (Å²) in [5, 5.41) is 4.68. The Morgan fingerprint density at radius 2 is 1.79 bits per heavy atom. The summed E-state index contributed by atoms with van der Waals surface area (Å²) < 4.78 is 25.3. The van der Waals surface area contributed by atoms with Crippen LogP contribution in [0, 0.1) is 0 Å². The zero-order valence-corrected chi connectivity index (χ0v) is 8.42. The van der Waals surface area contributed by atoms with Gasteiger partial charge in [0.2, 0.25) is 0 Å². The van der Waals surface area contributed by atoms with Crippen molar-refractivity contribution in [2.75, 3.05) is 26.2 Å². The second-order valence-electron chi connectivity index (χ2n) is 3.22. The zero-order chi connectivity index (χ0) is 9.73. The molecular weight excluding hydrogens is 215 g/mol. The van der Waals surface area contributed by atoms with E-state index in [9.17, 15) is 8.42 Å². The maximum atomic E-state index is 10.4. The van der Waals surface area contributed by atoms with E-state index in [4.69, 9.17) is 0 Å². The van der Waals surface area contributed by atoms with Gasteiger partial charge in [0, 0.05) is 6.54 Å². The summed E-state index contributed by atoms with van der Waals surface area (Å²) in [6, 6.07) is 0. The van der Waals surface area contributed by atoms with Gasteiger partial charge in [-0.2, -0.15) is 8.42 Å². The normalized spacial score (nSPS) is 18.9. The van der Waals surface area contributed by atoms with Crippen molar-refractivity contribution in [3.05, 3.63) is 0 Å². The van der Waals surface area contributed by atoms with E-state index in [-0.39, 0.29) is 36.2 Å². The van der Waals surface area contributed by atoms with Crippen LogP contribution in [0.25, 0.3) is 0 Å². The molecule has 1 heterocycles. The van der Waals surface area contributed by atoms with Crippen LogP contribution in [0.2, 0.25) is 0 Å². The topological polar surface area (TPSA) is 72.6 Å². The molecule has 1 rings (SSSR count). The molecule has 0 amide bonds. The number of hydrogen-bond acceptors (Lipinski definition) is 4. The Labute approximate surface area is 108 Å². The molecule has 0 spiro atoms. The first-order valence-electron chi connectivity index (χ1n) is 4.47. The molecule has 0 atom stereocenters. The van der Waals surface area contributed by atoms with Crippen LogP contribution in [-0.2, 0) is 14.5 Å². The second kappa shape index (κ2) is 7.16. The fourth-order valence-electron chi connectivity index (χ4n) is 1.47. The molecule has 0 aromatic heterocycles. The number of piperidine rings is 1. The summed E-state index contributed by atoms with van der Waals surface area (Å²) >= 11 is 0. The number of nitrogens with zero attached hydrogens (tertiary/aromatic N) is 1. The van der Waals surface area contributed by atoms with E-state index >= 15 is 0 Å². The minimum atomic E-state index is -3.75. The molecule has 0 radical (unpaired) electrons. The van der Waals surface area contributed by atoms with Gasteiger partial charge >= 0.3 is 39.9 Å². The molecule has 0 aromatic rings. The minimum absolute atomic E-state index is 0. The van der Waals surface area contributed by atoms with Crippen molar-refractivity contribution in [1.82, 2.24) is 4.90 Å². The fraction of sp³-hybridized carbons (Fsp3) is 1.00. The van der Waals surface area contributed by atoms with Crippen molar-refractivity contribution in [2.24, 2.45) is 5.14 Å². The first-order valence-corrected chi connectivity index (χ1v) is 5.94. The van der Waals surface area contributed by atoms with Gasteiger partial charge in [-0.25, -0.2) is 5.14 Å². The summed E-state index contributed by atoms with van der Waals surface area (Å²) in [5.41, 5.74) is 0. The molecule has 1 fully saturated rings. The molecule has 80 valence electrons. The van der Waals surface area contributed by atoms with Gasteiger partial charge in [-0.15, -0.1) is 0 Å². The second-order valence-corrected chi connectivity index (χ2v) is 4.44. The Bertz CT molecular complexity index is 239. The van der Waals surface area contributed by atoms with Gasteiger partial charge < -0.3 is 4.90 Å². The summed E-state index contributed by atoms with van der Waals surface area (Å²) in [7, 11) is -3.75. The van der Waals surface area contributed by atoms with Crippen LogP contribution in [0.3, 0.4) is 0 Å². The average Bonchev–Trinajstić information content (AvgIpc) is 2.04. The Kier molecular flexibility index (Phi) is 7.59. The van der Waals surface area contributed by atoms with Gasteiger partial charge in [0.1, 0.15) is 0 Å². The van der Waals surface area contributed by atoms with Crippen LogP contribution in [0.4, 0.5) is 0 Å². The molecule has 2 N–H and O–H groups in total. The molecule has 0 aliphatic carbocycles. The van der Waals surface area contributed by atoms with Crippen molar-refractivity contribution >= 4 is 39.9 Å². The first-order chi connectivity index (χ1) is 6.08. The van der Waals surface area contributed by atoms with Crippen molar-refractivity contribution < 1.29 is 12.6 Å². The molecule has 14 heavy (non-hydrogen) atoms. The van der Waals surface area contributed by atoms with E-state index < -0.39 is 10.3 Å². The van der Waals surface area contributed by atoms with Crippen LogP contribution in [0.15, 0.2) is 0 Å². The third-order valence-electron chi connectivity index (χ3n) is 2.10. The van der Waals surface area contributed by atoms with Crippen molar-refractivity contribution in [3.8, 4) is 0 Å². The van der Waals surface area contributed by atoms with E-state index in [0.29, 0.717) is 6.54 Å². The molecule has 1 saturated heterocycles. The molecule has 5 nitrogen and oxygen atoms in total. The average molecular weight is 232 g/mol.